The second-order valence-corrected chi connectivity index (χ2v) is 6.04. The summed E-state index contributed by atoms with van der Waals surface area (Å²) in [6.07, 6.45) is 2.31. The molecule has 2 rings (SSSR count). The number of halogens is 2. The van der Waals surface area contributed by atoms with Crippen molar-refractivity contribution in [2.75, 3.05) is 39.9 Å². The first-order valence-electron chi connectivity index (χ1n) is 7.55. The van der Waals surface area contributed by atoms with Gasteiger partial charge in [0, 0.05) is 25.8 Å². The highest BCUT2D eigenvalue weighted by Gasteiger charge is 2.20. The lowest BCUT2D eigenvalue weighted by Crippen LogP contribution is -2.37. The quantitative estimate of drug-likeness (QED) is 0.783. The highest BCUT2D eigenvalue weighted by atomic mass is 35.5. The third-order valence-electron chi connectivity index (χ3n) is 4.05. The fraction of sp³-hybridized carbons (Fsp3) is 0.625. The van der Waals surface area contributed by atoms with Crippen molar-refractivity contribution in [3.05, 3.63) is 34.6 Å². The summed E-state index contributed by atoms with van der Waals surface area (Å²) in [6, 6.07) is 5.23. The molecule has 1 aliphatic rings. The molecule has 0 aromatic heterocycles. The van der Waals surface area contributed by atoms with Crippen LogP contribution in [0.4, 0.5) is 4.39 Å². The minimum Gasteiger partial charge on any atom is -0.383 e. The van der Waals surface area contributed by atoms with Crippen LogP contribution < -0.4 is 5.32 Å². The Labute approximate surface area is 131 Å². The molecule has 0 bridgehead atoms. The highest BCUT2D eigenvalue weighted by Crippen LogP contribution is 2.22. The van der Waals surface area contributed by atoms with Crippen LogP contribution in [0.3, 0.4) is 0 Å². The highest BCUT2D eigenvalue weighted by molar-refractivity contribution is 6.30. The molecule has 0 aliphatic carbocycles. The van der Waals surface area contributed by atoms with Gasteiger partial charge in [-0.05, 0) is 44.5 Å². The molecular formula is C16H24ClFN2O. The van der Waals surface area contributed by atoms with Crippen LogP contribution in [0.1, 0.15) is 18.4 Å². The molecule has 1 aromatic carbocycles. The van der Waals surface area contributed by atoms with Gasteiger partial charge in [-0.3, -0.25) is 4.90 Å². The van der Waals surface area contributed by atoms with Gasteiger partial charge in [0.2, 0.25) is 0 Å². The molecule has 0 radical (unpaired) electrons. The second-order valence-electron chi connectivity index (χ2n) is 5.63. The van der Waals surface area contributed by atoms with Gasteiger partial charge in [-0.15, -0.1) is 0 Å². The lowest BCUT2D eigenvalue weighted by Gasteiger charge is -2.32. The minimum atomic E-state index is -0.275. The molecule has 21 heavy (non-hydrogen) atoms. The smallest absolute Gasteiger partial charge is 0.146 e. The average Bonchev–Trinajstić information content (AvgIpc) is 2.50. The fourth-order valence-corrected chi connectivity index (χ4v) is 2.93. The maximum atomic E-state index is 13.9. The van der Waals surface area contributed by atoms with Crippen molar-refractivity contribution in [3.8, 4) is 0 Å². The van der Waals surface area contributed by atoms with Gasteiger partial charge >= 0.3 is 0 Å². The van der Waals surface area contributed by atoms with Gasteiger partial charge in [0.05, 0.1) is 11.6 Å². The van der Waals surface area contributed by atoms with E-state index >= 15 is 0 Å². The van der Waals surface area contributed by atoms with Gasteiger partial charge in [0.25, 0.3) is 0 Å². The van der Waals surface area contributed by atoms with Crippen molar-refractivity contribution in [2.45, 2.75) is 19.4 Å². The van der Waals surface area contributed by atoms with Crippen molar-refractivity contribution >= 4 is 11.6 Å². The lowest BCUT2D eigenvalue weighted by atomic mass is 9.96. The van der Waals surface area contributed by atoms with Crippen LogP contribution >= 0.6 is 11.6 Å². The van der Waals surface area contributed by atoms with Crippen LogP contribution in [0.5, 0.6) is 0 Å². The molecule has 0 unspecified atom stereocenters. The van der Waals surface area contributed by atoms with E-state index < -0.39 is 0 Å². The maximum Gasteiger partial charge on any atom is 0.146 e. The summed E-state index contributed by atoms with van der Waals surface area (Å²) in [5, 5.41) is 3.63. The van der Waals surface area contributed by atoms with E-state index in [4.69, 9.17) is 16.3 Å². The van der Waals surface area contributed by atoms with E-state index in [0.717, 1.165) is 45.6 Å². The van der Waals surface area contributed by atoms with Crippen molar-refractivity contribution < 1.29 is 9.13 Å². The Morgan fingerprint density at radius 2 is 2.14 bits per heavy atom. The molecular weight excluding hydrogens is 291 g/mol. The molecule has 5 heteroatoms. The van der Waals surface area contributed by atoms with Gasteiger partial charge in [0.1, 0.15) is 5.82 Å². The van der Waals surface area contributed by atoms with Crippen LogP contribution in [0.25, 0.3) is 0 Å². The van der Waals surface area contributed by atoms with Crippen LogP contribution in [0.15, 0.2) is 18.2 Å². The molecule has 1 saturated heterocycles. The normalized spacial score (nSPS) is 17.3. The Bertz CT molecular complexity index is 436. The van der Waals surface area contributed by atoms with Crippen LogP contribution in [-0.4, -0.2) is 44.8 Å². The predicted octanol–water partition coefficient (Wildman–Crippen LogP) is 2.93. The first-order chi connectivity index (χ1) is 10.2. The monoisotopic (exact) mass is 314 g/mol. The van der Waals surface area contributed by atoms with Crippen LogP contribution in [0, 0.1) is 11.7 Å². The number of nitrogens with zero attached hydrogens (tertiary/aromatic N) is 1. The molecule has 1 aliphatic heterocycles. The third-order valence-corrected chi connectivity index (χ3v) is 4.34. The van der Waals surface area contributed by atoms with Crippen molar-refractivity contribution in [1.82, 2.24) is 10.2 Å². The Morgan fingerprint density at radius 1 is 1.38 bits per heavy atom. The van der Waals surface area contributed by atoms with Crippen LogP contribution in [-0.2, 0) is 11.3 Å². The van der Waals surface area contributed by atoms with Gasteiger partial charge in [-0.2, -0.15) is 0 Å². The summed E-state index contributed by atoms with van der Waals surface area (Å²) in [7, 11) is 1.72. The molecule has 0 atom stereocenters. The molecule has 0 saturated carbocycles. The zero-order chi connectivity index (χ0) is 15.1. The number of piperidine rings is 1. The van der Waals surface area contributed by atoms with E-state index in [9.17, 15) is 4.39 Å². The first kappa shape index (κ1) is 16.7. The summed E-state index contributed by atoms with van der Waals surface area (Å²) in [5.74, 6) is 0.435. The summed E-state index contributed by atoms with van der Waals surface area (Å²) in [6.45, 7) is 5.39. The summed E-state index contributed by atoms with van der Waals surface area (Å²) >= 11 is 5.83. The summed E-state index contributed by atoms with van der Waals surface area (Å²) < 4.78 is 18.9. The molecule has 0 amide bonds. The Hall–Kier alpha value is -0.680. The van der Waals surface area contributed by atoms with Crippen LogP contribution in [0.2, 0.25) is 5.02 Å². The van der Waals surface area contributed by atoms with Gasteiger partial charge in [0.15, 0.2) is 0 Å². The lowest BCUT2D eigenvalue weighted by molar-refractivity contribution is 0.167. The number of benzene rings is 1. The number of ether oxygens (including phenoxy) is 1. The number of nitrogens with one attached hydrogen (secondary N) is 1. The van der Waals surface area contributed by atoms with E-state index in [1.165, 1.54) is 0 Å². The number of rotatable bonds is 7. The first-order valence-corrected chi connectivity index (χ1v) is 7.93. The summed E-state index contributed by atoms with van der Waals surface area (Å²) in [4.78, 5) is 2.31. The summed E-state index contributed by atoms with van der Waals surface area (Å²) in [5.41, 5.74) is 0.694. The zero-order valence-corrected chi connectivity index (χ0v) is 13.3. The topological polar surface area (TPSA) is 24.5 Å². The Balaban J connectivity index is 1.73. The molecule has 3 nitrogen and oxygen atoms in total. The molecule has 1 aromatic rings. The van der Waals surface area contributed by atoms with Crippen molar-refractivity contribution in [1.29, 1.82) is 0 Å². The number of hydrogen-bond acceptors (Lipinski definition) is 3. The standard InChI is InChI=1S/C16H24ClFN2O/c1-21-10-7-19-11-13-5-8-20(9-6-13)12-14-3-2-4-15(17)16(14)18/h2-4,13,19H,5-12H2,1H3. The van der Waals surface area contributed by atoms with E-state index in [1.807, 2.05) is 12.1 Å². The second kappa shape index (κ2) is 8.69. The number of methoxy groups -OCH3 is 1. The van der Waals surface area contributed by atoms with Crippen molar-refractivity contribution in [2.24, 2.45) is 5.92 Å². The Morgan fingerprint density at radius 3 is 2.86 bits per heavy atom. The fourth-order valence-electron chi connectivity index (χ4n) is 2.74. The van der Waals surface area contributed by atoms with Crippen molar-refractivity contribution in [3.63, 3.8) is 0 Å². The molecule has 1 N–H and O–H groups in total. The van der Waals surface area contributed by atoms with E-state index in [0.29, 0.717) is 18.0 Å². The zero-order valence-electron chi connectivity index (χ0n) is 12.6. The van der Waals surface area contributed by atoms with E-state index in [2.05, 4.69) is 10.2 Å². The SMILES string of the molecule is COCCNCC1CCN(Cc2cccc(Cl)c2F)CC1. The predicted molar refractivity (Wildman–Crippen MR) is 84.2 cm³/mol. The van der Waals surface area contributed by atoms with E-state index in [-0.39, 0.29) is 10.8 Å². The number of hydrogen-bond donors (Lipinski definition) is 1. The van der Waals surface area contributed by atoms with Gasteiger partial charge in [-0.1, -0.05) is 23.7 Å². The number of likely N-dealkylation sites (tertiary alicyclic amines) is 1. The largest absolute Gasteiger partial charge is 0.383 e. The van der Waals surface area contributed by atoms with Gasteiger partial charge in [-0.25, -0.2) is 4.39 Å². The molecule has 118 valence electrons. The Kier molecular flexibility index (Phi) is 6.90. The maximum absolute atomic E-state index is 13.9. The van der Waals surface area contributed by atoms with Gasteiger partial charge < -0.3 is 10.1 Å². The minimum absolute atomic E-state index is 0.213. The molecule has 1 fully saturated rings. The third kappa shape index (κ3) is 5.22. The molecule has 1 heterocycles. The molecule has 0 spiro atoms. The average molecular weight is 315 g/mol. The van der Waals surface area contributed by atoms with E-state index in [1.54, 1.807) is 13.2 Å².